The molecule has 0 N–H and O–H groups in total. The molecule has 2 rings (SSSR count). The van der Waals surface area contributed by atoms with Crippen molar-refractivity contribution < 1.29 is 22.7 Å². The van der Waals surface area contributed by atoms with Crippen LogP contribution in [0, 0.1) is 0 Å². The maximum Gasteiger partial charge on any atom is 0.487 e. The average molecular weight is 231 g/mol. The zero-order valence-corrected chi connectivity index (χ0v) is 8.07. The molecule has 16 heavy (non-hydrogen) atoms. The summed E-state index contributed by atoms with van der Waals surface area (Å²) in [6.07, 6.45) is -6.10. The van der Waals surface area contributed by atoms with Crippen molar-refractivity contribution in [1.82, 2.24) is 0 Å². The van der Waals surface area contributed by atoms with Gasteiger partial charge in [0.2, 0.25) is 0 Å². The molecule has 0 saturated heterocycles. The number of anilines is 1. The van der Waals surface area contributed by atoms with Gasteiger partial charge in [0.1, 0.15) is 0 Å². The quantitative estimate of drug-likeness (QED) is 0.547. The second-order valence-electron chi connectivity index (χ2n) is 3.30. The Bertz CT molecular complexity index is 405. The first-order valence-electron chi connectivity index (χ1n) is 4.55. The smallest absolute Gasteiger partial charge is 0.346 e. The van der Waals surface area contributed by atoms with E-state index in [0.29, 0.717) is 5.56 Å². The fourth-order valence-electron chi connectivity index (χ4n) is 1.64. The average Bonchev–Trinajstić information content (AvgIpc) is 2.26. The summed E-state index contributed by atoms with van der Waals surface area (Å²) in [6, 6.07) is 5.97. The number of carbonyl (C=O) groups is 1. The molecule has 0 spiro atoms. The zero-order chi connectivity index (χ0) is 11.8. The molecule has 0 radical (unpaired) electrons. The van der Waals surface area contributed by atoms with Crippen molar-refractivity contribution in [2.24, 2.45) is 0 Å². The van der Waals surface area contributed by atoms with Crippen LogP contribution < -0.4 is 4.90 Å². The Kier molecular flexibility index (Phi) is 2.59. The molecule has 0 saturated carbocycles. The van der Waals surface area contributed by atoms with Gasteiger partial charge < -0.3 is 4.74 Å². The fourth-order valence-corrected chi connectivity index (χ4v) is 1.64. The van der Waals surface area contributed by atoms with Crippen LogP contribution in [-0.2, 0) is 16.1 Å². The summed E-state index contributed by atoms with van der Waals surface area (Å²) in [5.41, 5.74) is 0.385. The van der Waals surface area contributed by atoms with Crippen LogP contribution in [0.3, 0.4) is 0 Å². The number of para-hydroxylation sites is 1. The Morgan fingerprint density at radius 3 is 2.69 bits per heavy atom. The van der Waals surface area contributed by atoms with Gasteiger partial charge in [-0.05, 0) is 6.07 Å². The summed E-state index contributed by atoms with van der Waals surface area (Å²) in [6.45, 7) is 0.00611. The lowest BCUT2D eigenvalue weighted by Gasteiger charge is -2.36. The first-order chi connectivity index (χ1) is 7.54. The Hall–Kier alpha value is -1.56. The van der Waals surface area contributed by atoms with Crippen LogP contribution >= 0.6 is 0 Å². The highest BCUT2D eigenvalue weighted by atomic mass is 19.4. The van der Waals surface area contributed by atoms with Crippen LogP contribution in [0.1, 0.15) is 5.56 Å². The number of alkyl halides is 3. The van der Waals surface area contributed by atoms with Gasteiger partial charge in [-0.3, -0.25) is 9.69 Å². The summed E-state index contributed by atoms with van der Waals surface area (Å²) in [4.78, 5) is 10.6. The molecular weight excluding hydrogens is 223 g/mol. The number of halogens is 3. The van der Waals surface area contributed by atoms with E-state index in [1.165, 1.54) is 18.2 Å². The molecule has 1 atom stereocenters. The van der Waals surface area contributed by atoms with E-state index in [4.69, 9.17) is 4.74 Å². The van der Waals surface area contributed by atoms with Crippen molar-refractivity contribution in [2.45, 2.75) is 19.1 Å². The van der Waals surface area contributed by atoms with Crippen molar-refractivity contribution in [3.63, 3.8) is 0 Å². The topological polar surface area (TPSA) is 29.5 Å². The highest BCUT2D eigenvalue weighted by Crippen LogP contribution is 2.36. The largest absolute Gasteiger partial charge is 0.487 e. The maximum atomic E-state index is 12.7. The number of carbonyl (C=O) groups excluding carboxylic acids is 1. The number of rotatable bonds is 1. The molecule has 0 amide bonds. The normalized spacial score (nSPS) is 20.4. The zero-order valence-electron chi connectivity index (χ0n) is 8.07. The van der Waals surface area contributed by atoms with Crippen LogP contribution in [0.4, 0.5) is 18.9 Å². The molecule has 0 aliphatic carbocycles. The minimum Gasteiger partial charge on any atom is -0.346 e. The van der Waals surface area contributed by atoms with Gasteiger partial charge in [-0.1, -0.05) is 18.2 Å². The van der Waals surface area contributed by atoms with Gasteiger partial charge in [0, 0.05) is 5.56 Å². The summed E-state index contributed by atoms with van der Waals surface area (Å²) in [5.74, 6) is 0. The molecule has 6 heteroatoms. The van der Waals surface area contributed by atoms with Crippen molar-refractivity contribution in [3.05, 3.63) is 29.8 Å². The third-order valence-electron chi connectivity index (χ3n) is 2.30. The van der Waals surface area contributed by atoms with E-state index in [9.17, 15) is 18.0 Å². The predicted octanol–water partition coefficient (Wildman–Crippen LogP) is 2.07. The SMILES string of the molecule is O=CC1OCc2ccccc2N1C(F)(F)F. The van der Waals surface area contributed by atoms with E-state index in [1.54, 1.807) is 6.07 Å². The first kappa shape index (κ1) is 10.9. The molecule has 0 fully saturated rings. The van der Waals surface area contributed by atoms with Crippen molar-refractivity contribution >= 4 is 12.0 Å². The van der Waals surface area contributed by atoms with Gasteiger partial charge in [-0.15, -0.1) is 13.2 Å². The Labute approximate surface area is 89.4 Å². The minimum atomic E-state index is -4.64. The van der Waals surface area contributed by atoms with Crippen molar-refractivity contribution in [2.75, 3.05) is 4.90 Å². The highest BCUT2D eigenvalue weighted by Gasteiger charge is 2.45. The second kappa shape index (κ2) is 3.79. The van der Waals surface area contributed by atoms with E-state index < -0.39 is 12.5 Å². The lowest BCUT2D eigenvalue weighted by atomic mass is 10.1. The number of aldehydes is 1. The lowest BCUT2D eigenvalue weighted by molar-refractivity contribution is -0.165. The first-order valence-corrected chi connectivity index (χ1v) is 4.55. The van der Waals surface area contributed by atoms with E-state index in [1.807, 2.05) is 0 Å². The van der Waals surface area contributed by atoms with Crippen LogP contribution in [0.15, 0.2) is 24.3 Å². The van der Waals surface area contributed by atoms with Gasteiger partial charge in [-0.2, -0.15) is 0 Å². The number of nitrogens with zero attached hydrogens (tertiary/aromatic N) is 1. The van der Waals surface area contributed by atoms with Crippen molar-refractivity contribution in [3.8, 4) is 0 Å². The predicted molar refractivity (Wildman–Crippen MR) is 49.6 cm³/mol. The van der Waals surface area contributed by atoms with Crippen LogP contribution in [-0.4, -0.2) is 18.8 Å². The third kappa shape index (κ3) is 1.76. The number of benzene rings is 1. The minimum absolute atomic E-state index is 0.00611. The Morgan fingerprint density at radius 2 is 2.06 bits per heavy atom. The Morgan fingerprint density at radius 1 is 1.38 bits per heavy atom. The van der Waals surface area contributed by atoms with E-state index in [-0.39, 0.29) is 23.5 Å². The Balaban J connectivity index is 2.49. The number of hydrogen-bond acceptors (Lipinski definition) is 3. The van der Waals surface area contributed by atoms with E-state index >= 15 is 0 Å². The molecule has 86 valence electrons. The van der Waals surface area contributed by atoms with Gasteiger partial charge >= 0.3 is 6.30 Å². The molecule has 1 heterocycles. The molecule has 1 aromatic rings. The summed E-state index contributed by atoms with van der Waals surface area (Å²) in [7, 11) is 0. The maximum absolute atomic E-state index is 12.7. The summed E-state index contributed by atoms with van der Waals surface area (Å²) >= 11 is 0. The molecule has 3 nitrogen and oxygen atoms in total. The van der Waals surface area contributed by atoms with Crippen LogP contribution in [0.5, 0.6) is 0 Å². The summed E-state index contributed by atoms with van der Waals surface area (Å²) in [5, 5.41) is 0. The summed E-state index contributed by atoms with van der Waals surface area (Å²) < 4.78 is 43.1. The molecule has 1 aromatic carbocycles. The fraction of sp³-hybridized carbons (Fsp3) is 0.300. The molecular formula is C10H8F3NO2. The van der Waals surface area contributed by atoms with Crippen LogP contribution in [0.2, 0.25) is 0 Å². The third-order valence-corrected chi connectivity index (χ3v) is 2.30. The van der Waals surface area contributed by atoms with Gasteiger partial charge in [0.25, 0.3) is 0 Å². The number of fused-ring (bicyclic) bond motifs is 1. The highest BCUT2D eigenvalue weighted by molar-refractivity contribution is 5.68. The molecule has 0 aromatic heterocycles. The van der Waals surface area contributed by atoms with Crippen molar-refractivity contribution in [1.29, 1.82) is 0 Å². The van der Waals surface area contributed by atoms with Crippen LogP contribution in [0.25, 0.3) is 0 Å². The molecule has 1 unspecified atom stereocenters. The molecule has 0 bridgehead atoms. The second-order valence-corrected chi connectivity index (χ2v) is 3.30. The molecule has 1 aliphatic heterocycles. The van der Waals surface area contributed by atoms with Gasteiger partial charge in [-0.25, -0.2) is 0 Å². The number of ether oxygens (including phenoxy) is 1. The lowest BCUT2D eigenvalue weighted by Crippen LogP contribution is -2.50. The van der Waals surface area contributed by atoms with Gasteiger partial charge in [0.05, 0.1) is 12.3 Å². The van der Waals surface area contributed by atoms with E-state index in [2.05, 4.69) is 0 Å². The molecule has 1 aliphatic rings. The van der Waals surface area contributed by atoms with Gasteiger partial charge in [0.15, 0.2) is 12.5 Å². The monoisotopic (exact) mass is 231 g/mol. The number of hydrogen-bond donors (Lipinski definition) is 0. The standard InChI is InChI=1S/C10H8F3NO2/c11-10(12,13)14-8-4-2-1-3-7(8)6-16-9(14)5-15/h1-5,9H,6H2. The van der Waals surface area contributed by atoms with E-state index in [0.717, 1.165) is 0 Å².